The van der Waals surface area contributed by atoms with Crippen LogP contribution in [-0.2, 0) is 0 Å². The lowest BCUT2D eigenvalue weighted by molar-refractivity contribution is 0.178. The molecule has 1 aromatic carbocycles. The van der Waals surface area contributed by atoms with Gasteiger partial charge in [-0.05, 0) is 38.4 Å². The van der Waals surface area contributed by atoms with Crippen LogP contribution in [0.3, 0.4) is 0 Å². The minimum atomic E-state index is 0.451. The molecular weight excluding hydrogens is 220 g/mol. The number of benzene rings is 1. The van der Waals surface area contributed by atoms with Gasteiger partial charge in [-0.2, -0.15) is 0 Å². The Balaban J connectivity index is 2.16. The Kier molecular flexibility index (Phi) is 4.79. The van der Waals surface area contributed by atoms with Crippen LogP contribution in [0.15, 0.2) is 30.3 Å². The minimum Gasteiger partial charge on any atom is -0.309 e. The second kappa shape index (κ2) is 6.35. The molecule has 2 rings (SSSR count). The van der Waals surface area contributed by atoms with E-state index in [1.54, 1.807) is 0 Å². The van der Waals surface area contributed by atoms with Gasteiger partial charge in [0.1, 0.15) is 0 Å². The largest absolute Gasteiger partial charge is 0.309 e. The number of nitrogens with one attached hydrogen (secondary N) is 1. The van der Waals surface area contributed by atoms with E-state index in [4.69, 9.17) is 0 Å². The summed E-state index contributed by atoms with van der Waals surface area (Å²) in [6.45, 7) is 5.52. The van der Waals surface area contributed by atoms with Gasteiger partial charge in [0.2, 0.25) is 0 Å². The number of hydrogen-bond donors (Lipinski definition) is 1. The Morgan fingerprint density at radius 3 is 2.39 bits per heavy atom. The van der Waals surface area contributed by atoms with Gasteiger partial charge < -0.3 is 5.32 Å². The summed E-state index contributed by atoms with van der Waals surface area (Å²) < 4.78 is 0. The van der Waals surface area contributed by atoms with Crippen molar-refractivity contribution in [2.24, 2.45) is 0 Å². The van der Waals surface area contributed by atoms with Crippen LogP contribution in [0.2, 0.25) is 0 Å². The topological polar surface area (TPSA) is 15.3 Å². The van der Waals surface area contributed by atoms with Gasteiger partial charge in [-0.25, -0.2) is 0 Å². The van der Waals surface area contributed by atoms with E-state index in [1.165, 1.54) is 24.8 Å². The number of nitrogens with zero attached hydrogens (tertiary/aromatic N) is 1. The molecule has 1 aliphatic rings. The first kappa shape index (κ1) is 13.6. The van der Waals surface area contributed by atoms with Crippen LogP contribution in [0.5, 0.6) is 0 Å². The Morgan fingerprint density at radius 2 is 1.89 bits per heavy atom. The fourth-order valence-electron chi connectivity index (χ4n) is 2.87. The first-order valence-electron chi connectivity index (χ1n) is 7.28. The van der Waals surface area contributed by atoms with Gasteiger partial charge in [0.15, 0.2) is 0 Å². The van der Waals surface area contributed by atoms with Crippen LogP contribution in [0.25, 0.3) is 0 Å². The average molecular weight is 246 g/mol. The molecule has 1 saturated carbocycles. The van der Waals surface area contributed by atoms with Gasteiger partial charge in [0.25, 0.3) is 0 Å². The van der Waals surface area contributed by atoms with Crippen molar-refractivity contribution < 1.29 is 0 Å². The fraction of sp³-hybridized carbons (Fsp3) is 0.625. The molecule has 1 fully saturated rings. The van der Waals surface area contributed by atoms with Crippen molar-refractivity contribution in [2.45, 2.75) is 51.2 Å². The number of likely N-dealkylation sites (N-methyl/N-ethyl adjacent to an activating group) is 2. The predicted octanol–water partition coefficient (Wildman–Crippen LogP) is 3.21. The van der Waals surface area contributed by atoms with E-state index in [-0.39, 0.29) is 0 Å². The van der Waals surface area contributed by atoms with Crippen molar-refractivity contribution in [1.82, 2.24) is 10.2 Å². The quantitative estimate of drug-likeness (QED) is 0.794. The summed E-state index contributed by atoms with van der Waals surface area (Å²) in [7, 11) is 2.29. The molecule has 0 bridgehead atoms. The second-order valence-corrected chi connectivity index (χ2v) is 5.32. The Labute approximate surface area is 111 Å². The van der Waals surface area contributed by atoms with Crippen molar-refractivity contribution in [3.05, 3.63) is 35.9 Å². The molecule has 0 heterocycles. The molecule has 2 heteroatoms. The summed E-state index contributed by atoms with van der Waals surface area (Å²) in [4.78, 5) is 2.58. The number of rotatable bonds is 7. The SMILES string of the molecule is CCNC(c1ccccc1)C(CC)N(C)C1CC1. The van der Waals surface area contributed by atoms with Gasteiger partial charge in [0, 0.05) is 18.1 Å². The van der Waals surface area contributed by atoms with Crippen LogP contribution in [-0.4, -0.2) is 30.6 Å². The van der Waals surface area contributed by atoms with E-state index in [0.29, 0.717) is 12.1 Å². The molecule has 0 radical (unpaired) electrons. The highest BCUT2D eigenvalue weighted by Gasteiger charge is 2.34. The minimum absolute atomic E-state index is 0.451. The average Bonchev–Trinajstić information content (AvgIpc) is 3.24. The van der Waals surface area contributed by atoms with E-state index >= 15 is 0 Å². The lowest BCUT2D eigenvalue weighted by Gasteiger charge is -2.35. The maximum Gasteiger partial charge on any atom is 0.0477 e. The lowest BCUT2D eigenvalue weighted by Crippen LogP contribution is -2.43. The molecule has 0 aromatic heterocycles. The van der Waals surface area contributed by atoms with E-state index in [9.17, 15) is 0 Å². The highest BCUT2D eigenvalue weighted by atomic mass is 15.2. The van der Waals surface area contributed by atoms with Gasteiger partial charge in [0.05, 0.1) is 0 Å². The second-order valence-electron chi connectivity index (χ2n) is 5.32. The van der Waals surface area contributed by atoms with Gasteiger partial charge in [-0.15, -0.1) is 0 Å². The predicted molar refractivity (Wildman–Crippen MR) is 77.7 cm³/mol. The molecule has 0 amide bonds. The molecule has 18 heavy (non-hydrogen) atoms. The number of hydrogen-bond acceptors (Lipinski definition) is 2. The highest BCUT2D eigenvalue weighted by molar-refractivity contribution is 5.21. The van der Waals surface area contributed by atoms with Crippen molar-refractivity contribution >= 4 is 0 Å². The molecule has 0 saturated heterocycles. The van der Waals surface area contributed by atoms with Crippen LogP contribution in [0.1, 0.15) is 44.7 Å². The summed E-state index contributed by atoms with van der Waals surface area (Å²) in [5.41, 5.74) is 1.42. The maximum absolute atomic E-state index is 3.67. The third-order valence-electron chi connectivity index (χ3n) is 4.03. The van der Waals surface area contributed by atoms with Crippen molar-refractivity contribution in [3.63, 3.8) is 0 Å². The zero-order chi connectivity index (χ0) is 13.0. The summed E-state index contributed by atoms with van der Waals surface area (Å²) in [6, 6.07) is 12.7. The summed E-state index contributed by atoms with van der Waals surface area (Å²) in [5, 5.41) is 3.67. The first-order chi connectivity index (χ1) is 8.77. The first-order valence-corrected chi connectivity index (χ1v) is 7.28. The normalized spacial score (nSPS) is 18.9. The molecule has 1 N–H and O–H groups in total. The van der Waals surface area contributed by atoms with E-state index < -0.39 is 0 Å². The molecule has 2 atom stereocenters. The zero-order valence-corrected chi connectivity index (χ0v) is 11.9. The Hall–Kier alpha value is -0.860. The monoisotopic (exact) mass is 246 g/mol. The summed E-state index contributed by atoms with van der Waals surface area (Å²) in [6.07, 6.45) is 3.95. The van der Waals surface area contributed by atoms with Gasteiger partial charge in [-0.3, -0.25) is 4.90 Å². The van der Waals surface area contributed by atoms with Crippen molar-refractivity contribution in [3.8, 4) is 0 Å². The Morgan fingerprint density at radius 1 is 1.22 bits per heavy atom. The summed E-state index contributed by atoms with van der Waals surface area (Å²) >= 11 is 0. The molecule has 1 aliphatic carbocycles. The molecule has 1 aromatic rings. The smallest absolute Gasteiger partial charge is 0.0477 e. The fourth-order valence-corrected chi connectivity index (χ4v) is 2.87. The molecule has 0 aliphatic heterocycles. The van der Waals surface area contributed by atoms with Crippen LogP contribution in [0, 0.1) is 0 Å². The summed E-state index contributed by atoms with van der Waals surface area (Å²) in [5.74, 6) is 0. The third kappa shape index (κ3) is 3.12. The van der Waals surface area contributed by atoms with Gasteiger partial charge >= 0.3 is 0 Å². The molecular formula is C16H26N2. The Bertz CT molecular complexity index is 345. The van der Waals surface area contributed by atoms with Gasteiger partial charge in [-0.1, -0.05) is 44.2 Å². The standard InChI is InChI=1S/C16H26N2/c1-4-15(18(3)14-11-12-14)16(17-5-2)13-9-7-6-8-10-13/h6-10,14-17H,4-5,11-12H2,1-3H3. The highest BCUT2D eigenvalue weighted by Crippen LogP contribution is 2.32. The molecule has 100 valence electrons. The lowest BCUT2D eigenvalue weighted by atomic mass is 9.96. The van der Waals surface area contributed by atoms with Crippen molar-refractivity contribution in [1.29, 1.82) is 0 Å². The third-order valence-corrected chi connectivity index (χ3v) is 4.03. The van der Waals surface area contributed by atoms with Crippen LogP contribution >= 0.6 is 0 Å². The molecule has 2 nitrogen and oxygen atoms in total. The van der Waals surface area contributed by atoms with Crippen LogP contribution in [0.4, 0.5) is 0 Å². The van der Waals surface area contributed by atoms with Crippen molar-refractivity contribution in [2.75, 3.05) is 13.6 Å². The zero-order valence-electron chi connectivity index (χ0n) is 11.9. The maximum atomic E-state index is 3.67. The van der Waals surface area contributed by atoms with E-state index in [0.717, 1.165) is 12.6 Å². The van der Waals surface area contributed by atoms with E-state index in [2.05, 4.69) is 61.4 Å². The van der Waals surface area contributed by atoms with Crippen LogP contribution < -0.4 is 5.32 Å². The van der Waals surface area contributed by atoms with E-state index in [1.807, 2.05) is 0 Å². The molecule has 0 spiro atoms. The molecule has 2 unspecified atom stereocenters.